The van der Waals surface area contributed by atoms with Gasteiger partial charge in [-0.1, -0.05) is 35.5 Å². The van der Waals surface area contributed by atoms with Crippen LogP contribution in [0, 0.1) is 0 Å². The van der Waals surface area contributed by atoms with E-state index in [0.717, 1.165) is 46.3 Å². The Hall–Kier alpha value is -1.67. The molecule has 3 aromatic rings. The van der Waals surface area contributed by atoms with Gasteiger partial charge < -0.3 is 4.90 Å². The van der Waals surface area contributed by atoms with Crippen molar-refractivity contribution in [2.45, 2.75) is 18.1 Å². The lowest BCUT2D eigenvalue weighted by Gasteiger charge is -2.19. The number of thiophene rings is 1. The van der Waals surface area contributed by atoms with Crippen molar-refractivity contribution in [2.24, 2.45) is 5.10 Å². The number of likely N-dealkylation sites (N-methyl/N-ethyl adjacent to an activating group) is 1. The minimum absolute atomic E-state index is 0.717. The molecule has 0 bridgehead atoms. The maximum absolute atomic E-state index is 5.93. The van der Waals surface area contributed by atoms with Gasteiger partial charge in [-0.15, -0.1) is 11.3 Å². The van der Waals surface area contributed by atoms with Crippen LogP contribution in [-0.2, 0) is 13.0 Å². The maximum atomic E-state index is 5.93. The van der Waals surface area contributed by atoms with Crippen LogP contribution in [0.25, 0.3) is 10.2 Å². The van der Waals surface area contributed by atoms with Gasteiger partial charge in [-0.05, 0) is 29.5 Å². The van der Waals surface area contributed by atoms with Gasteiger partial charge in [-0.25, -0.2) is 9.97 Å². The third-order valence-electron chi connectivity index (χ3n) is 4.41. The van der Waals surface area contributed by atoms with Crippen molar-refractivity contribution in [3.8, 4) is 0 Å². The van der Waals surface area contributed by atoms with E-state index >= 15 is 0 Å². The molecule has 1 unspecified atom stereocenters. The number of quaternary nitrogens is 1. The van der Waals surface area contributed by atoms with Gasteiger partial charge in [0.05, 0.1) is 30.1 Å². The number of anilines is 1. The summed E-state index contributed by atoms with van der Waals surface area (Å²) in [6.45, 7) is 2.19. The van der Waals surface area contributed by atoms with Crippen molar-refractivity contribution in [1.82, 2.24) is 9.97 Å². The molecule has 3 heterocycles. The van der Waals surface area contributed by atoms with E-state index in [1.807, 2.05) is 30.5 Å². The van der Waals surface area contributed by atoms with Crippen LogP contribution in [0.3, 0.4) is 0 Å². The summed E-state index contributed by atoms with van der Waals surface area (Å²) in [5.41, 5.74) is 5.51. The number of nitrogens with zero attached hydrogens (tertiary/aromatic N) is 3. The van der Waals surface area contributed by atoms with Gasteiger partial charge in [0.1, 0.15) is 11.4 Å². The molecular formula is C18H19ClN5S2+. The maximum Gasteiger partial charge on any atom is 0.190 e. The molecule has 0 radical (unpaired) electrons. The zero-order valence-corrected chi connectivity index (χ0v) is 16.9. The lowest BCUT2D eigenvalue weighted by molar-refractivity contribution is -0.895. The molecule has 134 valence electrons. The van der Waals surface area contributed by atoms with Gasteiger partial charge in [0, 0.05) is 11.4 Å². The fraction of sp³-hybridized carbons (Fsp3) is 0.278. The van der Waals surface area contributed by atoms with Crippen LogP contribution >= 0.6 is 34.7 Å². The number of aromatic nitrogens is 2. The summed E-state index contributed by atoms with van der Waals surface area (Å²) in [7, 11) is 2.24. The minimum Gasteiger partial charge on any atom is -0.333 e. The monoisotopic (exact) mass is 404 g/mol. The lowest BCUT2D eigenvalue weighted by Crippen LogP contribution is -3.08. The van der Waals surface area contributed by atoms with Crippen molar-refractivity contribution in [2.75, 3.05) is 25.3 Å². The molecule has 5 nitrogen and oxygen atoms in total. The summed E-state index contributed by atoms with van der Waals surface area (Å²) < 4.78 is 0. The summed E-state index contributed by atoms with van der Waals surface area (Å²) in [5, 5.41) is 7.00. The molecule has 0 amide bonds. The first-order valence-electron chi connectivity index (χ1n) is 8.36. The molecule has 2 N–H and O–H groups in total. The average molecular weight is 405 g/mol. The first kappa shape index (κ1) is 17.7. The van der Waals surface area contributed by atoms with Gasteiger partial charge in [-0.2, -0.15) is 5.10 Å². The van der Waals surface area contributed by atoms with E-state index in [4.69, 9.17) is 16.6 Å². The van der Waals surface area contributed by atoms with Crippen molar-refractivity contribution in [3.63, 3.8) is 0 Å². The van der Waals surface area contributed by atoms with Crippen LogP contribution in [0.15, 0.2) is 34.5 Å². The SMILES string of the molecule is CSc1nc(N/N=C\c2ccc(Cl)cc2)c2c3c(sc2n1)C[NH+](C)CC3. The van der Waals surface area contributed by atoms with Crippen LogP contribution in [-0.4, -0.2) is 36.0 Å². The highest BCUT2D eigenvalue weighted by Gasteiger charge is 2.25. The lowest BCUT2D eigenvalue weighted by atomic mass is 10.1. The number of halogens is 1. The van der Waals surface area contributed by atoms with Gasteiger partial charge >= 0.3 is 0 Å². The Kier molecular flexibility index (Phi) is 5.13. The molecule has 1 aromatic carbocycles. The molecule has 0 aliphatic carbocycles. The number of hydrazone groups is 1. The smallest absolute Gasteiger partial charge is 0.190 e. The number of thioether (sulfide) groups is 1. The normalized spacial score (nSPS) is 17.0. The van der Waals surface area contributed by atoms with Gasteiger partial charge in [0.2, 0.25) is 0 Å². The molecule has 4 rings (SSSR count). The van der Waals surface area contributed by atoms with Crippen molar-refractivity contribution >= 4 is 56.9 Å². The predicted molar refractivity (Wildman–Crippen MR) is 111 cm³/mol. The summed E-state index contributed by atoms with van der Waals surface area (Å²) in [6.07, 6.45) is 4.83. The van der Waals surface area contributed by atoms with E-state index < -0.39 is 0 Å². The third kappa shape index (κ3) is 3.57. The highest BCUT2D eigenvalue weighted by molar-refractivity contribution is 7.98. The fourth-order valence-electron chi connectivity index (χ4n) is 3.08. The molecule has 0 saturated carbocycles. The minimum atomic E-state index is 0.717. The molecule has 8 heteroatoms. The summed E-state index contributed by atoms with van der Waals surface area (Å²) in [4.78, 5) is 13.4. The summed E-state index contributed by atoms with van der Waals surface area (Å²) >= 11 is 9.26. The Morgan fingerprint density at radius 1 is 1.31 bits per heavy atom. The van der Waals surface area contributed by atoms with Crippen molar-refractivity contribution in [1.29, 1.82) is 0 Å². The van der Waals surface area contributed by atoms with Gasteiger partial charge in [0.15, 0.2) is 11.0 Å². The molecule has 2 aromatic heterocycles. The highest BCUT2D eigenvalue weighted by Crippen LogP contribution is 2.36. The first-order chi connectivity index (χ1) is 12.6. The van der Waals surface area contributed by atoms with Crippen LogP contribution in [0.2, 0.25) is 5.02 Å². The number of nitrogens with one attached hydrogen (secondary N) is 2. The number of rotatable bonds is 4. The van der Waals surface area contributed by atoms with Crippen molar-refractivity contribution < 1.29 is 4.90 Å². The van der Waals surface area contributed by atoms with E-state index in [1.165, 1.54) is 15.3 Å². The van der Waals surface area contributed by atoms with Crippen LogP contribution in [0.4, 0.5) is 5.82 Å². The van der Waals surface area contributed by atoms with E-state index in [-0.39, 0.29) is 0 Å². The Labute approximate surface area is 165 Å². The zero-order chi connectivity index (χ0) is 18.1. The molecule has 26 heavy (non-hydrogen) atoms. The molecule has 0 spiro atoms. The number of hydrogen-bond donors (Lipinski definition) is 2. The fourth-order valence-corrected chi connectivity index (χ4v) is 4.96. The first-order valence-corrected chi connectivity index (χ1v) is 10.8. The van der Waals surface area contributed by atoms with E-state index in [0.29, 0.717) is 5.02 Å². The average Bonchev–Trinajstić information content (AvgIpc) is 3.00. The Morgan fingerprint density at radius 3 is 2.88 bits per heavy atom. The Bertz CT molecular complexity index is 968. The molecule has 0 fully saturated rings. The summed E-state index contributed by atoms with van der Waals surface area (Å²) in [6, 6.07) is 7.57. The predicted octanol–water partition coefficient (Wildman–Crippen LogP) is 3.08. The van der Waals surface area contributed by atoms with Crippen LogP contribution < -0.4 is 10.3 Å². The van der Waals surface area contributed by atoms with Crippen LogP contribution in [0.5, 0.6) is 0 Å². The Balaban J connectivity index is 1.69. The molecular weight excluding hydrogens is 386 g/mol. The Morgan fingerprint density at radius 2 is 2.12 bits per heavy atom. The van der Waals surface area contributed by atoms with Crippen LogP contribution in [0.1, 0.15) is 16.0 Å². The van der Waals surface area contributed by atoms with Crippen molar-refractivity contribution in [3.05, 3.63) is 45.3 Å². The third-order valence-corrected chi connectivity index (χ3v) is 6.34. The number of benzene rings is 1. The second-order valence-corrected chi connectivity index (χ2v) is 8.59. The topological polar surface area (TPSA) is 54.6 Å². The number of hydrogen-bond acceptors (Lipinski definition) is 6. The summed E-state index contributed by atoms with van der Waals surface area (Å²) in [5.74, 6) is 0.793. The van der Waals surface area contributed by atoms with E-state index in [1.54, 1.807) is 29.3 Å². The van der Waals surface area contributed by atoms with E-state index in [9.17, 15) is 0 Å². The molecule has 1 atom stereocenters. The quantitative estimate of drug-likeness (QED) is 0.303. The van der Waals surface area contributed by atoms with E-state index in [2.05, 4.69) is 22.6 Å². The second-order valence-electron chi connectivity index (χ2n) is 6.30. The number of fused-ring (bicyclic) bond motifs is 3. The zero-order valence-electron chi connectivity index (χ0n) is 14.5. The molecule has 1 aliphatic heterocycles. The largest absolute Gasteiger partial charge is 0.333 e. The molecule has 1 aliphatic rings. The van der Waals surface area contributed by atoms with Gasteiger partial charge in [0.25, 0.3) is 0 Å². The second kappa shape index (κ2) is 7.52. The molecule has 0 saturated heterocycles. The highest BCUT2D eigenvalue weighted by atomic mass is 35.5. The standard InChI is InChI=1S/C18H18ClN5S2/c1-24-8-7-13-14(10-24)26-17-15(13)16(21-18(22-17)25-2)23-20-9-11-3-5-12(19)6-4-11/h3-6,9H,7-8,10H2,1-2H3,(H,21,22,23)/p+1/b20-9-. The van der Waals surface area contributed by atoms with Gasteiger partial charge in [-0.3, -0.25) is 5.43 Å².